The summed E-state index contributed by atoms with van der Waals surface area (Å²) in [6.45, 7) is 2.63. The van der Waals surface area contributed by atoms with Gasteiger partial charge >= 0.3 is 5.97 Å². The number of hydrogen-bond donors (Lipinski definition) is 2. The van der Waals surface area contributed by atoms with Gasteiger partial charge in [-0.05, 0) is 12.8 Å². The molecule has 6 nitrogen and oxygen atoms in total. The largest absolute Gasteiger partial charge is 0.478 e. The average molecular weight is 295 g/mol. The van der Waals surface area contributed by atoms with Crippen LogP contribution in [0, 0.1) is 0 Å². The Morgan fingerprint density at radius 2 is 2.14 bits per heavy atom. The van der Waals surface area contributed by atoms with Crippen molar-refractivity contribution in [3.8, 4) is 0 Å². The second kappa shape index (κ2) is 7.26. The molecular weight excluding hydrogens is 274 g/mol. The summed E-state index contributed by atoms with van der Waals surface area (Å²) in [5.41, 5.74) is 0.0462. The van der Waals surface area contributed by atoms with Gasteiger partial charge in [-0.15, -0.1) is 0 Å². The smallest absolute Gasteiger partial charge is 0.339 e. The van der Waals surface area contributed by atoms with Crippen LogP contribution in [-0.2, 0) is 11.2 Å². The first-order valence-electron chi connectivity index (χ1n) is 7.37. The molecule has 0 atom stereocenters. The number of rotatable bonds is 7. The summed E-state index contributed by atoms with van der Waals surface area (Å²) >= 11 is 0. The van der Waals surface area contributed by atoms with Crippen molar-refractivity contribution in [1.82, 2.24) is 5.32 Å². The zero-order valence-electron chi connectivity index (χ0n) is 12.2. The second-order valence-corrected chi connectivity index (χ2v) is 5.14. The predicted molar refractivity (Wildman–Crippen MR) is 75.6 cm³/mol. The van der Waals surface area contributed by atoms with Gasteiger partial charge in [-0.3, -0.25) is 4.79 Å². The van der Waals surface area contributed by atoms with Crippen molar-refractivity contribution in [3.63, 3.8) is 0 Å². The first kappa shape index (κ1) is 15.6. The highest BCUT2D eigenvalue weighted by molar-refractivity contribution is 5.96. The van der Waals surface area contributed by atoms with E-state index in [9.17, 15) is 9.59 Å². The number of carboxylic acid groups (broad SMARTS) is 1. The molecule has 1 amide bonds. The van der Waals surface area contributed by atoms with E-state index in [0.29, 0.717) is 31.4 Å². The van der Waals surface area contributed by atoms with Crippen molar-refractivity contribution in [2.24, 2.45) is 0 Å². The molecule has 1 aliphatic carbocycles. The van der Waals surface area contributed by atoms with E-state index in [1.165, 1.54) is 18.9 Å². The van der Waals surface area contributed by atoms with Gasteiger partial charge in [0.2, 0.25) is 0 Å². The summed E-state index contributed by atoms with van der Waals surface area (Å²) in [6.07, 6.45) is 5.35. The number of ether oxygens (including phenoxy) is 1. The summed E-state index contributed by atoms with van der Waals surface area (Å²) in [5, 5.41) is 11.7. The zero-order valence-corrected chi connectivity index (χ0v) is 12.2. The molecule has 6 heteroatoms. The Balaban J connectivity index is 1.81. The average Bonchev–Trinajstić information content (AvgIpc) is 3.12. The number of aromatic carboxylic acids is 1. The summed E-state index contributed by atoms with van der Waals surface area (Å²) in [7, 11) is 0. The molecule has 1 heterocycles. The first-order chi connectivity index (χ1) is 10.1. The maximum Gasteiger partial charge on any atom is 0.339 e. The van der Waals surface area contributed by atoms with Crippen LogP contribution in [0.5, 0.6) is 0 Å². The van der Waals surface area contributed by atoms with Crippen LogP contribution in [0.3, 0.4) is 0 Å². The molecule has 1 aliphatic rings. The van der Waals surface area contributed by atoms with Crippen LogP contribution in [0.2, 0.25) is 0 Å². The van der Waals surface area contributed by atoms with E-state index in [-0.39, 0.29) is 11.3 Å². The molecule has 0 spiro atoms. The molecule has 0 aliphatic heterocycles. The van der Waals surface area contributed by atoms with Crippen LogP contribution in [0.4, 0.5) is 0 Å². The molecule has 1 aromatic rings. The van der Waals surface area contributed by atoms with E-state index in [2.05, 4.69) is 5.32 Å². The fourth-order valence-corrected chi connectivity index (χ4v) is 2.52. The normalized spacial score (nSPS) is 15.3. The highest BCUT2D eigenvalue weighted by Crippen LogP contribution is 2.20. The monoisotopic (exact) mass is 295 g/mol. The topological polar surface area (TPSA) is 88.8 Å². The highest BCUT2D eigenvalue weighted by atomic mass is 16.5. The van der Waals surface area contributed by atoms with Gasteiger partial charge in [0.1, 0.15) is 11.3 Å². The van der Waals surface area contributed by atoms with Crippen molar-refractivity contribution in [2.45, 2.75) is 45.1 Å². The van der Waals surface area contributed by atoms with E-state index in [4.69, 9.17) is 14.3 Å². The summed E-state index contributed by atoms with van der Waals surface area (Å²) in [5.74, 6) is -1.15. The Morgan fingerprint density at radius 3 is 2.71 bits per heavy atom. The standard InChI is InChI=1S/C15H21NO5/c1-2-12-11(15(18)19)9-13(21-12)14(17)16-7-8-20-10-5-3-4-6-10/h9-10H,2-8H2,1H3,(H,16,17)(H,18,19). The van der Waals surface area contributed by atoms with Gasteiger partial charge < -0.3 is 19.6 Å². The molecule has 0 aromatic carbocycles. The van der Waals surface area contributed by atoms with Crippen LogP contribution in [0.25, 0.3) is 0 Å². The molecule has 0 unspecified atom stereocenters. The quantitative estimate of drug-likeness (QED) is 0.753. The Morgan fingerprint density at radius 1 is 1.43 bits per heavy atom. The van der Waals surface area contributed by atoms with Gasteiger partial charge in [0, 0.05) is 19.0 Å². The molecule has 1 aromatic heterocycles. The summed E-state index contributed by atoms with van der Waals surface area (Å²) < 4.78 is 10.9. The SMILES string of the molecule is CCc1oc(C(=O)NCCOC2CCCC2)cc1C(=O)O. The maximum atomic E-state index is 11.9. The molecular formula is C15H21NO5. The molecule has 0 saturated heterocycles. The van der Waals surface area contributed by atoms with Crippen molar-refractivity contribution in [3.05, 3.63) is 23.2 Å². The van der Waals surface area contributed by atoms with Gasteiger partial charge in [-0.1, -0.05) is 19.8 Å². The number of aryl methyl sites for hydroxylation is 1. The maximum absolute atomic E-state index is 11.9. The third kappa shape index (κ3) is 4.07. The lowest BCUT2D eigenvalue weighted by Gasteiger charge is -2.10. The lowest BCUT2D eigenvalue weighted by molar-refractivity contribution is 0.0577. The van der Waals surface area contributed by atoms with E-state index >= 15 is 0 Å². The first-order valence-corrected chi connectivity index (χ1v) is 7.37. The third-order valence-corrected chi connectivity index (χ3v) is 3.63. The molecule has 1 fully saturated rings. The number of nitrogens with one attached hydrogen (secondary N) is 1. The Kier molecular flexibility index (Phi) is 5.38. The van der Waals surface area contributed by atoms with Crippen molar-refractivity contribution >= 4 is 11.9 Å². The van der Waals surface area contributed by atoms with Crippen LogP contribution in [0.15, 0.2) is 10.5 Å². The lowest BCUT2D eigenvalue weighted by atomic mass is 10.2. The van der Waals surface area contributed by atoms with Crippen LogP contribution in [-0.4, -0.2) is 36.2 Å². The summed E-state index contributed by atoms with van der Waals surface area (Å²) in [4.78, 5) is 22.9. The van der Waals surface area contributed by atoms with Crippen LogP contribution < -0.4 is 5.32 Å². The molecule has 2 rings (SSSR count). The van der Waals surface area contributed by atoms with Crippen LogP contribution in [0.1, 0.15) is 59.3 Å². The van der Waals surface area contributed by atoms with Crippen molar-refractivity contribution in [1.29, 1.82) is 0 Å². The predicted octanol–water partition coefficient (Wildman–Crippen LogP) is 2.23. The molecule has 0 bridgehead atoms. The number of carbonyl (C=O) groups excluding carboxylic acids is 1. The van der Waals surface area contributed by atoms with Gasteiger partial charge in [0.15, 0.2) is 5.76 Å². The Labute approximate surface area is 123 Å². The van der Waals surface area contributed by atoms with E-state index in [1.54, 1.807) is 6.92 Å². The number of carboxylic acids is 1. The van der Waals surface area contributed by atoms with Crippen LogP contribution >= 0.6 is 0 Å². The zero-order chi connectivity index (χ0) is 15.2. The van der Waals surface area contributed by atoms with Gasteiger partial charge in [0.05, 0.1) is 12.7 Å². The number of amides is 1. The second-order valence-electron chi connectivity index (χ2n) is 5.14. The molecule has 0 radical (unpaired) electrons. The molecule has 1 saturated carbocycles. The minimum absolute atomic E-state index is 0.0325. The van der Waals surface area contributed by atoms with E-state index in [0.717, 1.165) is 12.8 Å². The fraction of sp³-hybridized carbons (Fsp3) is 0.600. The summed E-state index contributed by atoms with van der Waals surface area (Å²) in [6, 6.07) is 1.27. The van der Waals surface area contributed by atoms with E-state index in [1.807, 2.05) is 0 Å². The fourth-order valence-electron chi connectivity index (χ4n) is 2.52. The highest BCUT2D eigenvalue weighted by Gasteiger charge is 2.20. The Hall–Kier alpha value is -1.82. The molecule has 21 heavy (non-hydrogen) atoms. The van der Waals surface area contributed by atoms with Gasteiger partial charge in [0.25, 0.3) is 5.91 Å². The third-order valence-electron chi connectivity index (χ3n) is 3.63. The Bertz CT molecular complexity index is 502. The number of furan rings is 1. The van der Waals surface area contributed by atoms with Gasteiger partial charge in [-0.2, -0.15) is 0 Å². The number of hydrogen-bond acceptors (Lipinski definition) is 4. The van der Waals surface area contributed by atoms with Crippen molar-refractivity contribution in [2.75, 3.05) is 13.2 Å². The van der Waals surface area contributed by atoms with Gasteiger partial charge in [-0.25, -0.2) is 4.79 Å². The molecule has 2 N–H and O–H groups in total. The minimum atomic E-state index is -1.08. The molecule has 116 valence electrons. The van der Waals surface area contributed by atoms with Crippen molar-refractivity contribution < 1.29 is 23.8 Å². The number of carbonyl (C=O) groups is 2. The van der Waals surface area contributed by atoms with E-state index < -0.39 is 11.9 Å². The minimum Gasteiger partial charge on any atom is -0.478 e. The lowest BCUT2D eigenvalue weighted by Crippen LogP contribution is -2.28.